The molecule has 8 heteroatoms. The minimum Gasteiger partial charge on any atom is -0.291 e. The second-order valence-corrected chi connectivity index (χ2v) is 8.06. The third-order valence-corrected chi connectivity index (χ3v) is 5.56. The van der Waals surface area contributed by atoms with Crippen LogP contribution in [0.15, 0.2) is 36.5 Å². The fourth-order valence-corrected chi connectivity index (χ4v) is 3.56. The highest BCUT2D eigenvalue weighted by atomic mass is 32.2. The molecule has 0 bridgehead atoms. The molecule has 1 atom stereocenters. The molecule has 0 radical (unpaired) electrons. The van der Waals surface area contributed by atoms with E-state index in [4.69, 9.17) is 0 Å². The van der Waals surface area contributed by atoms with Gasteiger partial charge in [0.05, 0.1) is 17.5 Å². The fourth-order valence-electron chi connectivity index (χ4n) is 2.91. The molecule has 2 aromatic rings. The Labute approximate surface area is 141 Å². The molecular formula is C16H21FN4O2S. The summed E-state index contributed by atoms with van der Waals surface area (Å²) in [6, 6.07) is 8.34. The average molecular weight is 352 g/mol. The first-order valence-electron chi connectivity index (χ1n) is 7.93. The predicted molar refractivity (Wildman–Crippen MR) is 89.2 cm³/mol. The van der Waals surface area contributed by atoms with Gasteiger partial charge in [0.25, 0.3) is 0 Å². The van der Waals surface area contributed by atoms with E-state index in [1.807, 2.05) is 10.7 Å². The Balaban J connectivity index is 1.72. The van der Waals surface area contributed by atoms with E-state index in [0.717, 1.165) is 17.8 Å². The van der Waals surface area contributed by atoms with Crippen LogP contribution >= 0.6 is 0 Å². The Bertz CT molecular complexity index is 789. The summed E-state index contributed by atoms with van der Waals surface area (Å²) in [5.74, 6) is -0.187. The molecule has 0 aliphatic carbocycles. The summed E-state index contributed by atoms with van der Waals surface area (Å²) >= 11 is 0. The number of halogens is 1. The van der Waals surface area contributed by atoms with Crippen LogP contribution in [-0.2, 0) is 23.1 Å². The first kappa shape index (κ1) is 17.1. The second kappa shape index (κ2) is 7.00. The van der Waals surface area contributed by atoms with Crippen LogP contribution in [0.4, 0.5) is 4.39 Å². The lowest BCUT2D eigenvalue weighted by Crippen LogP contribution is -2.42. The lowest BCUT2D eigenvalue weighted by molar-refractivity contribution is 0.168. The van der Waals surface area contributed by atoms with Crippen LogP contribution in [0.1, 0.15) is 24.2 Å². The number of benzene rings is 1. The minimum absolute atomic E-state index is 0.0605. The van der Waals surface area contributed by atoms with Crippen molar-refractivity contribution in [3.63, 3.8) is 0 Å². The van der Waals surface area contributed by atoms with Crippen molar-refractivity contribution in [2.45, 2.75) is 26.1 Å². The number of rotatable bonds is 6. The monoisotopic (exact) mass is 352 g/mol. The smallest absolute Gasteiger partial charge is 0.211 e. The standard InChI is InChI=1S/C16H21FN4O2S/c1-2-24(22,23)19-9-16-12-20(11-15-7-8-18-21(15)16)10-13-3-5-14(17)6-4-13/h3-8,16,19H,2,9-12H2,1H3. The number of nitrogens with one attached hydrogen (secondary N) is 1. The van der Waals surface area contributed by atoms with E-state index >= 15 is 0 Å². The molecule has 1 N–H and O–H groups in total. The average Bonchev–Trinajstić information content (AvgIpc) is 3.03. The lowest BCUT2D eigenvalue weighted by atomic mass is 10.1. The van der Waals surface area contributed by atoms with Crippen molar-refractivity contribution in [3.8, 4) is 0 Å². The van der Waals surface area contributed by atoms with Gasteiger partial charge >= 0.3 is 0 Å². The Morgan fingerprint density at radius 1 is 1.29 bits per heavy atom. The van der Waals surface area contributed by atoms with E-state index in [1.165, 1.54) is 12.1 Å². The molecule has 0 spiro atoms. The van der Waals surface area contributed by atoms with E-state index in [9.17, 15) is 12.8 Å². The number of hydrogen-bond donors (Lipinski definition) is 1. The zero-order chi connectivity index (χ0) is 17.2. The summed E-state index contributed by atoms with van der Waals surface area (Å²) in [5.41, 5.74) is 2.07. The van der Waals surface area contributed by atoms with Gasteiger partial charge in [-0.3, -0.25) is 9.58 Å². The zero-order valence-electron chi connectivity index (χ0n) is 13.5. The summed E-state index contributed by atoms with van der Waals surface area (Å²) in [5, 5.41) is 4.32. The van der Waals surface area contributed by atoms with E-state index < -0.39 is 10.0 Å². The van der Waals surface area contributed by atoms with Crippen LogP contribution in [0.25, 0.3) is 0 Å². The van der Waals surface area contributed by atoms with Gasteiger partial charge in [-0.1, -0.05) is 12.1 Å². The molecule has 0 amide bonds. The number of nitrogens with zero attached hydrogens (tertiary/aromatic N) is 3. The SMILES string of the molecule is CCS(=O)(=O)NCC1CN(Cc2ccc(F)cc2)Cc2ccnn21. The Morgan fingerprint density at radius 2 is 2.04 bits per heavy atom. The van der Waals surface area contributed by atoms with Crippen molar-refractivity contribution in [1.29, 1.82) is 0 Å². The highest BCUT2D eigenvalue weighted by molar-refractivity contribution is 7.89. The largest absolute Gasteiger partial charge is 0.291 e. The zero-order valence-corrected chi connectivity index (χ0v) is 14.3. The van der Waals surface area contributed by atoms with E-state index in [0.29, 0.717) is 19.6 Å². The van der Waals surface area contributed by atoms with Gasteiger partial charge in [0.15, 0.2) is 0 Å². The van der Waals surface area contributed by atoms with Crippen LogP contribution in [0.2, 0.25) is 0 Å². The van der Waals surface area contributed by atoms with Crippen LogP contribution in [0.3, 0.4) is 0 Å². The highest BCUT2D eigenvalue weighted by Gasteiger charge is 2.26. The summed E-state index contributed by atoms with van der Waals surface area (Å²) in [6.07, 6.45) is 1.73. The first-order chi connectivity index (χ1) is 11.5. The van der Waals surface area contributed by atoms with Gasteiger partial charge in [-0.25, -0.2) is 17.5 Å². The number of fused-ring (bicyclic) bond motifs is 1. The summed E-state index contributed by atoms with van der Waals surface area (Å²) < 4.78 is 41.0. The summed E-state index contributed by atoms with van der Waals surface area (Å²) in [4.78, 5) is 2.22. The number of hydrogen-bond acceptors (Lipinski definition) is 4. The number of sulfonamides is 1. The fraction of sp³-hybridized carbons (Fsp3) is 0.438. The van der Waals surface area contributed by atoms with Crippen molar-refractivity contribution in [2.24, 2.45) is 0 Å². The molecule has 24 heavy (non-hydrogen) atoms. The van der Waals surface area contributed by atoms with Crippen LogP contribution in [0.5, 0.6) is 0 Å². The van der Waals surface area contributed by atoms with Crippen molar-refractivity contribution < 1.29 is 12.8 Å². The van der Waals surface area contributed by atoms with Gasteiger partial charge in [0.1, 0.15) is 5.82 Å². The van der Waals surface area contributed by atoms with E-state index in [1.54, 1.807) is 25.3 Å². The maximum Gasteiger partial charge on any atom is 0.211 e. The van der Waals surface area contributed by atoms with Crippen molar-refractivity contribution in [1.82, 2.24) is 19.4 Å². The summed E-state index contributed by atoms with van der Waals surface area (Å²) in [6.45, 7) is 4.02. The van der Waals surface area contributed by atoms with Gasteiger partial charge in [0, 0.05) is 32.4 Å². The molecule has 1 unspecified atom stereocenters. The van der Waals surface area contributed by atoms with E-state index in [2.05, 4.69) is 14.7 Å². The molecule has 1 aliphatic rings. The predicted octanol–water partition coefficient (Wildman–Crippen LogP) is 1.52. The highest BCUT2D eigenvalue weighted by Crippen LogP contribution is 2.22. The molecule has 6 nitrogen and oxygen atoms in total. The quantitative estimate of drug-likeness (QED) is 0.856. The molecule has 0 fully saturated rings. The molecule has 130 valence electrons. The molecule has 0 saturated carbocycles. The van der Waals surface area contributed by atoms with Crippen molar-refractivity contribution >= 4 is 10.0 Å². The maximum atomic E-state index is 13.0. The maximum absolute atomic E-state index is 13.0. The van der Waals surface area contributed by atoms with Crippen molar-refractivity contribution in [2.75, 3.05) is 18.8 Å². The van der Waals surface area contributed by atoms with Crippen LogP contribution in [-0.4, -0.2) is 41.9 Å². The molecule has 1 aromatic heterocycles. The topological polar surface area (TPSA) is 67.2 Å². The summed E-state index contributed by atoms with van der Waals surface area (Å²) in [7, 11) is -3.24. The molecular weight excluding hydrogens is 331 g/mol. The molecule has 0 saturated heterocycles. The first-order valence-corrected chi connectivity index (χ1v) is 9.58. The van der Waals surface area contributed by atoms with Crippen molar-refractivity contribution in [3.05, 3.63) is 53.6 Å². The molecule has 1 aromatic carbocycles. The molecule has 3 rings (SSSR count). The number of aromatic nitrogens is 2. The third kappa shape index (κ3) is 4.00. The molecule has 1 aliphatic heterocycles. The van der Waals surface area contributed by atoms with E-state index in [-0.39, 0.29) is 17.6 Å². The Kier molecular flexibility index (Phi) is 4.98. The van der Waals surface area contributed by atoms with Gasteiger partial charge < -0.3 is 0 Å². The Morgan fingerprint density at radius 3 is 2.75 bits per heavy atom. The normalized spacial score (nSPS) is 18.5. The van der Waals surface area contributed by atoms with Gasteiger partial charge in [0.2, 0.25) is 10.0 Å². The van der Waals surface area contributed by atoms with Gasteiger partial charge in [-0.05, 0) is 30.7 Å². The van der Waals surface area contributed by atoms with Crippen LogP contribution in [0, 0.1) is 5.82 Å². The second-order valence-electron chi connectivity index (χ2n) is 5.97. The minimum atomic E-state index is -3.24. The van der Waals surface area contributed by atoms with Gasteiger partial charge in [-0.2, -0.15) is 5.10 Å². The molecule has 2 heterocycles. The van der Waals surface area contributed by atoms with Gasteiger partial charge in [-0.15, -0.1) is 0 Å². The Hall–Kier alpha value is -1.77. The van der Waals surface area contributed by atoms with Crippen LogP contribution < -0.4 is 4.72 Å². The lowest BCUT2D eigenvalue weighted by Gasteiger charge is -2.34. The third-order valence-electron chi connectivity index (χ3n) is 4.19.